The maximum Gasteiger partial charge on any atom is 0.316 e. The van der Waals surface area contributed by atoms with Crippen LogP contribution in [0.4, 0.5) is 16.0 Å². The van der Waals surface area contributed by atoms with Crippen LogP contribution in [0.5, 0.6) is 11.5 Å². The molecule has 158 valence electrons. The lowest BCUT2D eigenvalue weighted by Crippen LogP contribution is -2.19. The van der Waals surface area contributed by atoms with E-state index < -0.39 is 5.56 Å². The van der Waals surface area contributed by atoms with E-state index in [1.807, 2.05) is 26.0 Å². The first kappa shape index (κ1) is 21.4. The van der Waals surface area contributed by atoms with Gasteiger partial charge in [-0.1, -0.05) is 19.1 Å². The summed E-state index contributed by atoms with van der Waals surface area (Å²) in [5.41, 5.74) is 3.17. The van der Waals surface area contributed by atoms with Gasteiger partial charge in [-0.15, -0.1) is 0 Å². The molecule has 2 aromatic carbocycles. The molecule has 0 spiro atoms. The number of nitrogens with one attached hydrogen (secondary N) is 1. The number of aromatic nitrogens is 2. The molecular weight excluding hydrogens is 385 g/mol. The summed E-state index contributed by atoms with van der Waals surface area (Å²) in [5.74, 6) is 1.05. The maximum absolute atomic E-state index is 13.3. The topological polar surface area (TPSA) is 65.4 Å². The molecule has 7 heteroatoms. The largest absolute Gasteiger partial charge is 0.493 e. The molecule has 0 fully saturated rings. The summed E-state index contributed by atoms with van der Waals surface area (Å²) < 4.78 is 26.0. The van der Waals surface area contributed by atoms with E-state index in [0.29, 0.717) is 19.1 Å². The van der Waals surface area contributed by atoms with Crippen LogP contribution in [0.15, 0.2) is 47.4 Å². The fourth-order valence-electron chi connectivity index (χ4n) is 3.03. The number of halogens is 1. The number of aryl methyl sites for hydroxylation is 2. The van der Waals surface area contributed by atoms with Gasteiger partial charge in [0.25, 0.3) is 0 Å². The SMILES string of the molecule is CCCOc1cc(C)c(Nc2nc(=O)c(OC)cn2Cc2ccc(F)cc2)cc1C. The molecule has 0 bridgehead atoms. The Morgan fingerprint density at radius 2 is 1.83 bits per heavy atom. The number of rotatable bonds is 8. The lowest BCUT2D eigenvalue weighted by molar-refractivity contribution is 0.315. The molecule has 3 rings (SSSR count). The third-order valence-corrected chi connectivity index (χ3v) is 4.68. The smallest absolute Gasteiger partial charge is 0.316 e. The Balaban J connectivity index is 1.96. The van der Waals surface area contributed by atoms with Crippen molar-refractivity contribution in [3.8, 4) is 11.5 Å². The van der Waals surface area contributed by atoms with E-state index in [-0.39, 0.29) is 11.6 Å². The Morgan fingerprint density at radius 1 is 1.10 bits per heavy atom. The number of ether oxygens (including phenoxy) is 2. The monoisotopic (exact) mass is 411 g/mol. The van der Waals surface area contributed by atoms with Gasteiger partial charge in [0.15, 0.2) is 0 Å². The average molecular weight is 411 g/mol. The zero-order chi connectivity index (χ0) is 21.7. The number of methoxy groups -OCH3 is 1. The second-order valence-corrected chi connectivity index (χ2v) is 7.10. The van der Waals surface area contributed by atoms with Crippen molar-refractivity contribution in [1.29, 1.82) is 0 Å². The second kappa shape index (κ2) is 9.43. The normalized spacial score (nSPS) is 10.7. The van der Waals surface area contributed by atoms with Crippen LogP contribution in [0.25, 0.3) is 0 Å². The lowest BCUT2D eigenvalue weighted by Gasteiger charge is -2.18. The quantitative estimate of drug-likeness (QED) is 0.587. The first-order valence-electron chi connectivity index (χ1n) is 9.82. The second-order valence-electron chi connectivity index (χ2n) is 7.10. The standard InChI is InChI=1S/C23H26FN3O3/c1-5-10-30-20-12-15(2)19(11-16(20)3)25-23-26-22(28)21(29-4)14-27(23)13-17-6-8-18(24)9-7-17/h6-9,11-12,14H,5,10,13H2,1-4H3,(H,25,26,28). The zero-order valence-corrected chi connectivity index (χ0v) is 17.7. The Kier molecular flexibility index (Phi) is 6.72. The molecule has 0 aliphatic carbocycles. The molecule has 1 heterocycles. The van der Waals surface area contributed by atoms with Crippen molar-refractivity contribution >= 4 is 11.6 Å². The summed E-state index contributed by atoms with van der Waals surface area (Å²) in [5, 5.41) is 3.26. The fourth-order valence-corrected chi connectivity index (χ4v) is 3.03. The highest BCUT2D eigenvalue weighted by Gasteiger charge is 2.13. The third-order valence-electron chi connectivity index (χ3n) is 4.68. The van der Waals surface area contributed by atoms with Crippen LogP contribution in [-0.2, 0) is 6.54 Å². The van der Waals surface area contributed by atoms with Crippen molar-refractivity contribution in [2.24, 2.45) is 0 Å². The Labute approximate surface area is 175 Å². The van der Waals surface area contributed by atoms with Crippen LogP contribution in [0.1, 0.15) is 30.0 Å². The summed E-state index contributed by atoms with van der Waals surface area (Å²) in [7, 11) is 1.43. The van der Waals surface area contributed by atoms with Gasteiger partial charge in [0.05, 0.1) is 26.5 Å². The van der Waals surface area contributed by atoms with E-state index >= 15 is 0 Å². The van der Waals surface area contributed by atoms with E-state index in [1.165, 1.54) is 19.2 Å². The minimum atomic E-state index is -0.465. The van der Waals surface area contributed by atoms with Crippen molar-refractivity contribution in [1.82, 2.24) is 9.55 Å². The molecule has 30 heavy (non-hydrogen) atoms. The van der Waals surface area contributed by atoms with Crippen LogP contribution in [0.3, 0.4) is 0 Å². The van der Waals surface area contributed by atoms with Gasteiger partial charge >= 0.3 is 5.56 Å². The van der Waals surface area contributed by atoms with Gasteiger partial charge in [0, 0.05) is 5.69 Å². The molecule has 0 saturated heterocycles. The van der Waals surface area contributed by atoms with E-state index in [9.17, 15) is 9.18 Å². The molecule has 0 saturated carbocycles. The summed E-state index contributed by atoms with van der Waals surface area (Å²) in [4.78, 5) is 16.4. The van der Waals surface area contributed by atoms with E-state index in [1.54, 1.807) is 22.9 Å². The lowest BCUT2D eigenvalue weighted by atomic mass is 10.1. The van der Waals surface area contributed by atoms with Gasteiger partial charge in [-0.25, -0.2) is 4.39 Å². The molecule has 6 nitrogen and oxygen atoms in total. The van der Waals surface area contributed by atoms with Gasteiger partial charge < -0.3 is 19.4 Å². The van der Waals surface area contributed by atoms with Gasteiger partial charge in [-0.3, -0.25) is 4.79 Å². The molecule has 0 radical (unpaired) electrons. The number of benzene rings is 2. The number of hydrogen-bond acceptors (Lipinski definition) is 5. The average Bonchev–Trinajstić information content (AvgIpc) is 2.72. The minimum absolute atomic E-state index is 0.138. The van der Waals surface area contributed by atoms with Crippen molar-refractivity contribution in [2.45, 2.75) is 33.7 Å². The highest BCUT2D eigenvalue weighted by Crippen LogP contribution is 2.28. The summed E-state index contributed by atoms with van der Waals surface area (Å²) in [6.07, 6.45) is 2.53. The Morgan fingerprint density at radius 3 is 2.50 bits per heavy atom. The maximum atomic E-state index is 13.3. The fraction of sp³-hybridized carbons (Fsp3) is 0.304. The number of hydrogen-bond donors (Lipinski definition) is 1. The van der Waals surface area contributed by atoms with Crippen LogP contribution in [0, 0.1) is 19.7 Å². The minimum Gasteiger partial charge on any atom is -0.493 e. The van der Waals surface area contributed by atoms with Crippen LogP contribution in [0.2, 0.25) is 0 Å². The molecule has 3 aromatic rings. The van der Waals surface area contributed by atoms with Crippen molar-refractivity contribution in [2.75, 3.05) is 19.0 Å². The Bertz CT molecular complexity index is 1080. The first-order chi connectivity index (χ1) is 14.4. The van der Waals surface area contributed by atoms with Gasteiger partial charge in [0.1, 0.15) is 11.6 Å². The molecule has 1 aromatic heterocycles. The van der Waals surface area contributed by atoms with Gasteiger partial charge in [-0.05, 0) is 61.2 Å². The molecule has 1 N–H and O–H groups in total. The van der Waals surface area contributed by atoms with E-state index in [2.05, 4.69) is 17.2 Å². The molecule has 0 unspecified atom stereocenters. The van der Waals surface area contributed by atoms with Gasteiger partial charge in [-0.2, -0.15) is 4.98 Å². The first-order valence-corrected chi connectivity index (χ1v) is 9.82. The predicted octanol–water partition coefficient (Wildman–Crippen LogP) is 4.59. The predicted molar refractivity (Wildman–Crippen MR) is 116 cm³/mol. The highest BCUT2D eigenvalue weighted by atomic mass is 19.1. The molecule has 0 aliphatic heterocycles. The molecule has 0 atom stereocenters. The van der Waals surface area contributed by atoms with E-state index in [4.69, 9.17) is 9.47 Å². The van der Waals surface area contributed by atoms with Crippen LogP contribution < -0.4 is 20.3 Å². The van der Waals surface area contributed by atoms with Crippen molar-refractivity contribution < 1.29 is 13.9 Å². The van der Waals surface area contributed by atoms with Gasteiger partial charge in [0.2, 0.25) is 11.7 Å². The number of anilines is 2. The number of nitrogens with zero attached hydrogens (tertiary/aromatic N) is 2. The molecule has 0 aliphatic rings. The molecular formula is C23H26FN3O3. The van der Waals surface area contributed by atoms with Crippen molar-refractivity contribution in [3.63, 3.8) is 0 Å². The van der Waals surface area contributed by atoms with Crippen molar-refractivity contribution in [3.05, 3.63) is 75.5 Å². The Hall–Kier alpha value is -3.35. The molecule has 0 amide bonds. The van der Waals surface area contributed by atoms with Crippen LogP contribution >= 0.6 is 0 Å². The van der Waals surface area contributed by atoms with Crippen LogP contribution in [-0.4, -0.2) is 23.3 Å². The summed E-state index contributed by atoms with van der Waals surface area (Å²) in [6, 6.07) is 10.1. The van der Waals surface area contributed by atoms with E-state index in [0.717, 1.165) is 34.5 Å². The highest BCUT2D eigenvalue weighted by molar-refractivity contribution is 5.62. The zero-order valence-electron chi connectivity index (χ0n) is 17.7. The summed E-state index contributed by atoms with van der Waals surface area (Å²) in [6.45, 7) is 7.05. The summed E-state index contributed by atoms with van der Waals surface area (Å²) >= 11 is 0. The third kappa shape index (κ3) is 4.97.